The summed E-state index contributed by atoms with van der Waals surface area (Å²) >= 11 is 0. The SMILES string of the molecule is O=C(O)/C=C\C(=O)NCCOCCO. The number of ether oxygens (including phenoxy) is 1. The molecule has 0 aliphatic carbocycles. The number of nitrogens with one attached hydrogen (secondary N) is 1. The molecule has 0 fully saturated rings. The first-order chi connectivity index (χ1) is 6.66. The third kappa shape index (κ3) is 8.69. The monoisotopic (exact) mass is 203 g/mol. The summed E-state index contributed by atoms with van der Waals surface area (Å²) in [6.07, 6.45) is 1.68. The number of carbonyl (C=O) groups excluding carboxylic acids is 1. The lowest BCUT2D eigenvalue weighted by atomic mass is 10.4. The fourth-order valence-corrected chi connectivity index (χ4v) is 0.619. The second kappa shape index (κ2) is 8.21. The maximum absolute atomic E-state index is 10.8. The van der Waals surface area contributed by atoms with Crippen LogP contribution in [0.25, 0.3) is 0 Å². The fraction of sp³-hybridized carbons (Fsp3) is 0.500. The molecule has 0 radical (unpaired) electrons. The molecule has 0 aliphatic rings. The van der Waals surface area contributed by atoms with E-state index in [-0.39, 0.29) is 26.4 Å². The number of carboxylic acids is 1. The second-order valence-electron chi connectivity index (χ2n) is 2.30. The lowest BCUT2D eigenvalue weighted by Crippen LogP contribution is -2.25. The predicted molar refractivity (Wildman–Crippen MR) is 47.7 cm³/mol. The molecule has 3 N–H and O–H groups in total. The first-order valence-electron chi connectivity index (χ1n) is 4.04. The summed E-state index contributed by atoms with van der Waals surface area (Å²) in [5.41, 5.74) is 0. The Balaban J connectivity index is 3.40. The number of aliphatic hydroxyl groups excluding tert-OH is 1. The van der Waals surface area contributed by atoms with E-state index in [1.807, 2.05) is 0 Å². The van der Waals surface area contributed by atoms with Crippen LogP contribution in [-0.4, -0.2) is 48.5 Å². The lowest BCUT2D eigenvalue weighted by Gasteiger charge is -2.02. The molecule has 1 amide bonds. The molecule has 0 saturated heterocycles. The molecule has 0 aliphatic heterocycles. The van der Waals surface area contributed by atoms with E-state index in [4.69, 9.17) is 14.9 Å². The zero-order chi connectivity index (χ0) is 10.8. The highest BCUT2D eigenvalue weighted by Crippen LogP contribution is 1.76. The number of rotatable bonds is 7. The van der Waals surface area contributed by atoms with E-state index in [9.17, 15) is 9.59 Å². The topological polar surface area (TPSA) is 95.9 Å². The molecule has 0 aromatic carbocycles. The quantitative estimate of drug-likeness (QED) is 0.355. The average Bonchev–Trinajstić information content (AvgIpc) is 2.14. The van der Waals surface area contributed by atoms with Gasteiger partial charge in [-0.25, -0.2) is 4.79 Å². The summed E-state index contributed by atoms with van der Waals surface area (Å²) < 4.78 is 4.85. The zero-order valence-corrected chi connectivity index (χ0v) is 7.60. The van der Waals surface area contributed by atoms with E-state index in [1.165, 1.54) is 0 Å². The van der Waals surface area contributed by atoms with Crippen LogP contribution in [0.15, 0.2) is 12.2 Å². The van der Waals surface area contributed by atoms with Gasteiger partial charge in [0.1, 0.15) is 0 Å². The van der Waals surface area contributed by atoms with Crippen molar-refractivity contribution < 1.29 is 24.5 Å². The van der Waals surface area contributed by atoms with Gasteiger partial charge in [-0.1, -0.05) is 0 Å². The molecule has 0 unspecified atom stereocenters. The number of aliphatic carboxylic acids is 1. The minimum Gasteiger partial charge on any atom is -0.478 e. The molecule has 0 heterocycles. The highest BCUT2D eigenvalue weighted by atomic mass is 16.5. The zero-order valence-electron chi connectivity index (χ0n) is 7.60. The maximum atomic E-state index is 10.8. The predicted octanol–water partition coefficient (Wildman–Crippen LogP) is -1.25. The lowest BCUT2D eigenvalue weighted by molar-refractivity contribution is -0.131. The van der Waals surface area contributed by atoms with E-state index in [1.54, 1.807) is 0 Å². The smallest absolute Gasteiger partial charge is 0.328 e. The summed E-state index contributed by atoms with van der Waals surface area (Å²) in [7, 11) is 0. The Hall–Kier alpha value is -1.40. The van der Waals surface area contributed by atoms with Gasteiger partial charge in [-0.2, -0.15) is 0 Å². The maximum Gasteiger partial charge on any atom is 0.328 e. The van der Waals surface area contributed by atoms with E-state index in [0.717, 1.165) is 12.2 Å². The van der Waals surface area contributed by atoms with Crippen LogP contribution in [0.3, 0.4) is 0 Å². The Kier molecular flexibility index (Phi) is 7.39. The minimum atomic E-state index is -1.17. The van der Waals surface area contributed by atoms with Crippen LogP contribution in [0.4, 0.5) is 0 Å². The Labute approximate surface area is 81.2 Å². The molecular formula is C8H13NO5. The summed E-state index contributed by atoms with van der Waals surface area (Å²) in [5, 5.41) is 18.9. The first kappa shape index (κ1) is 12.6. The van der Waals surface area contributed by atoms with Gasteiger partial charge in [-0.3, -0.25) is 4.79 Å². The molecule has 80 valence electrons. The third-order valence-electron chi connectivity index (χ3n) is 1.16. The van der Waals surface area contributed by atoms with Crippen LogP contribution in [0.5, 0.6) is 0 Å². The van der Waals surface area contributed by atoms with Gasteiger partial charge in [0.2, 0.25) is 5.91 Å². The standard InChI is InChI=1S/C8H13NO5/c10-4-6-14-5-3-9-7(11)1-2-8(12)13/h1-2,10H,3-6H2,(H,9,11)(H,12,13)/b2-1-. The van der Waals surface area contributed by atoms with Crippen molar-refractivity contribution in [3.63, 3.8) is 0 Å². The van der Waals surface area contributed by atoms with Crippen molar-refractivity contribution >= 4 is 11.9 Å². The van der Waals surface area contributed by atoms with Crippen molar-refractivity contribution in [2.75, 3.05) is 26.4 Å². The van der Waals surface area contributed by atoms with Crippen molar-refractivity contribution in [1.82, 2.24) is 5.32 Å². The van der Waals surface area contributed by atoms with Crippen LogP contribution >= 0.6 is 0 Å². The Bertz CT molecular complexity index is 214. The van der Waals surface area contributed by atoms with Crippen molar-refractivity contribution in [3.8, 4) is 0 Å². The molecule has 6 nitrogen and oxygen atoms in total. The molecule has 0 bridgehead atoms. The van der Waals surface area contributed by atoms with Crippen LogP contribution in [0, 0.1) is 0 Å². The Morgan fingerprint density at radius 1 is 1.29 bits per heavy atom. The number of hydrogen-bond acceptors (Lipinski definition) is 4. The van der Waals surface area contributed by atoms with Gasteiger partial charge in [0, 0.05) is 18.7 Å². The van der Waals surface area contributed by atoms with Gasteiger partial charge in [0.15, 0.2) is 0 Å². The molecule has 0 aromatic heterocycles. The van der Waals surface area contributed by atoms with E-state index < -0.39 is 11.9 Å². The molecular weight excluding hydrogens is 190 g/mol. The molecule has 0 aromatic rings. The van der Waals surface area contributed by atoms with Crippen LogP contribution in [0.2, 0.25) is 0 Å². The van der Waals surface area contributed by atoms with E-state index in [0.29, 0.717) is 0 Å². The number of hydrogen-bond donors (Lipinski definition) is 3. The number of amides is 1. The molecule has 0 spiro atoms. The van der Waals surface area contributed by atoms with E-state index in [2.05, 4.69) is 5.32 Å². The second-order valence-corrected chi connectivity index (χ2v) is 2.30. The number of carboxylic acid groups (broad SMARTS) is 1. The summed E-state index contributed by atoms with van der Waals surface area (Å²) in [6, 6.07) is 0. The van der Waals surface area contributed by atoms with Crippen LogP contribution < -0.4 is 5.32 Å². The first-order valence-corrected chi connectivity index (χ1v) is 4.04. The van der Waals surface area contributed by atoms with Crippen molar-refractivity contribution in [2.45, 2.75) is 0 Å². The highest BCUT2D eigenvalue weighted by molar-refractivity contribution is 5.93. The molecule has 0 saturated carbocycles. The molecule has 14 heavy (non-hydrogen) atoms. The number of aliphatic hydroxyl groups is 1. The van der Waals surface area contributed by atoms with Gasteiger partial charge < -0.3 is 20.3 Å². The molecule has 6 heteroatoms. The van der Waals surface area contributed by atoms with Gasteiger partial charge in [0.25, 0.3) is 0 Å². The van der Waals surface area contributed by atoms with Crippen molar-refractivity contribution in [3.05, 3.63) is 12.2 Å². The van der Waals surface area contributed by atoms with Crippen molar-refractivity contribution in [1.29, 1.82) is 0 Å². The Morgan fingerprint density at radius 3 is 2.57 bits per heavy atom. The Morgan fingerprint density at radius 2 is 2.00 bits per heavy atom. The summed E-state index contributed by atoms with van der Waals surface area (Å²) in [6.45, 7) is 0.726. The minimum absolute atomic E-state index is 0.0626. The fourth-order valence-electron chi connectivity index (χ4n) is 0.619. The van der Waals surface area contributed by atoms with Crippen molar-refractivity contribution in [2.24, 2.45) is 0 Å². The van der Waals surface area contributed by atoms with Crippen LogP contribution in [0.1, 0.15) is 0 Å². The largest absolute Gasteiger partial charge is 0.478 e. The molecule has 0 rings (SSSR count). The number of carbonyl (C=O) groups is 2. The normalized spacial score (nSPS) is 10.4. The van der Waals surface area contributed by atoms with Gasteiger partial charge in [0.05, 0.1) is 19.8 Å². The van der Waals surface area contributed by atoms with Gasteiger partial charge >= 0.3 is 5.97 Å². The summed E-state index contributed by atoms with van der Waals surface area (Å²) in [4.78, 5) is 20.8. The van der Waals surface area contributed by atoms with Gasteiger partial charge in [-0.05, 0) is 0 Å². The van der Waals surface area contributed by atoms with E-state index >= 15 is 0 Å². The third-order valence-corrected chi connectivity index (χ3v) is 1.16. The highest BCUT2D eigenvalue weighted by Gasteiger charge is 1.95. The van der Waals surface area contributed by atoms with Crippen LogP contribution in [-0.2, 0) is 14.3 Å². The van der Waals surface area contributed by atoms with Gasteiger partial charge in [-0.15, -0.1) is 0 Å². The average molecular weight is 203 g/mol. The summed E-state index contributed by atoms with van der Waals surface area (Å²) in [5.74, 6) is -1.66. The molecule has 0 atom stereocenters.